The Morgan fingerprint density at radius 2 is 1.78 bits per heavy atom. The highest BCUT2D eigenvalue weighted by Gasteiger charge is 2.11. The van der Waals surface area contributed by atoms with Gasteiger partial charge in [-0.3, -0.25) is 20.2 Å². The van der Waals surface area contributed by atoms with Crippen LogP contribution in [0.3, 0.4) is 0 Å². The molecule has 0 spiro atoms. The van der Waals surface area contributed by atoms with Crippen molar-refractivity contribution in [3.63, 3.8) is 0 Å². The second kappa shape index (κ2) is 7.36. The maximum Gasteiger partial charge on any atom is 0.271 e. The molecule has 2 aromatic rings. The number of rotatable bonds is 3. The van der Waals surface area contributed by atoms with E-state index in [9.17, 15) is 14.9 Å². The molecule has 0 atom stereocenters. The number of carbonyl (C=O) groups excluding carboxylic acids is 1. The number of amides is 1. The predicted octanol–water partition coefficient (Wildman–Crippen LogP) is 4.03. The van der Waals surface area contributed by atoms with Gasteiger partial charge in [-0.1, -0.05) is 29.3 Å². The van der Waals surface area contributed by atoms with Gasteiger partial charge in [0.25, 0.3) is 11.6 Å². The van der Waals surface area contributed by atoms with Crippen LogP contribution in [0.2, 0.25) is 10.0 Å². The van der Waals surface area contributed by atoms with E-state index in [2.05, 4.69) is 10.6 Å². The Morgan fingerprint density at radius 1 is 1.13 bits per heavy atom. The molecule has 9 heteroatoms. The Labute approximate surface area is 146 Å². The molecule has 0 aliphatic heterocycles. The van der Waals surface area contributed by atoms with Gasteiger partial charge in [-0.15, -0.1) is 0 Å². The van der Waals surface area contributed by atoms with Crippen molar-refractivity contribution in [3.05, 3.63) is 68.2 Å². The summed E-state index contributed by atoms with van der Waals surface area (Å²) in [5.41, 5.74) is 0.532. The first-order valence-electron chi connectivity index (χ1n) is 6.18. The summed E-state index contributed by atoms with van der Waals surface area (Å²) >= 11 is 16.7. The molecule has 0 bridgehead atoms. The number of halogens is 2. The molecule has 0 aliphatic carbocycles. The largest absolute Gasteiger partial charge is 0.332 e. The first-order chi connectivity index (χ1) is 10.8. The standard InChI is InChI=1S/C14H9Cl2N3O3S/c15-9-4-8(5-10(16)6-9)13(20)18-14(23)17-11-2-1-3-12(7-11)19(21)22/h1-7H,(H2,17,18,20,23). The van der Waals surface area contributed by atoms with Crippen molar-refractivity contribution in [1.29, 1.82) is 0 Å². The Morgan fingerprint density at radius 3 is 2.39 bits per heavy atom. The summed E-state index contributed by atoms with van der Waals surface area (Å²) in [7, 11) is 0. The third-order valence-electron chi connectivity index (χ3n) is 2.67. The second-order valence-corrected chi connectivity index (χ2v) is 5.65. The van der Waals surface area contributed by atoms with Gasteiger partial charge in [-0.25, -0.2) is 0 Å². The van der Waals surface area contributed by atoms with Crippen molar-refractivity contribution in [1.82, 2.24) is 5.32 Å². The predicted molar refractivity (Wildman–Crippen MR) is 93.2 cm³/mol. The highest BCUT2D eigenvalue weighted by atomic mass is 35.5. The maximum absolute atomic E-state index is 12.1. The molecule has 0 fully saturated rings. The Kier molecular flexibility index (Phi) is 5.49. The number of carbonyl (C=O) groups is 1. The third-order valence-corrected chi connectivity index (χ3v) is 3.31. The molecule has 6 nitrogen and oxygen atoms in total. The average molecular weight is 370 g/mol. The second-order valence-electron chi connectivity index (χ2n) is 4.37. The first kappa shape index (κ1) is 17.1. The molecular formula is C14H9Cl2N3O3S. The highest BCUT2D eigenvalue weighted by Crippen LogP contribution is 2.19. The number of hydrogen-bond donors (Lipinski definition) is 2. The Hall–Kier alpha value is -2.22. The summed E-state index contributed by atoms with van der Waals surface area (Å²) in [5.74, 6) is -0.502. The van der Waals surface area contributed by atoms with E-state index < -0.39 is 10.8 Å². The normalized spacial score (nSPS) is 10.0. The van der Waals surface area contributed by atoms with Gasteiger partial charge in [0.15, 0.2) is 5.11 Å². The zero-order valence-corrected chi connectivity index (χ0v) is 13.7. The average Bonchev–Trinajstić information content (AvgIpc) is 2.46. The summed E-state index contributed by atoms with van der Waals surface area (Å²) < 4.78 is 0. The molecule has 118 valence electrons. The van der Waals surface area contributed by atoms with Crippen molar-refractivity contribution >= 4 is 57.8 Å². The van der Waals surface area contributed by atoms with E-state index in [0.717, 1.165) is 0 Å². The molecular weight excluding hydrogens is 361 g/mol. The monoisotopic (exact) mass is 369 g/mol. The van der Waals surface area contributed by atoms with Gasteiger partial charge in [0, 0.05) is 33.4 Å². The SMILES string of the molecule is O=C(NC(=S)Nc1cccc([N+](=O)[O-])c1)c1cc(Cl)cc(Cl)c1. The molecule has 0 aliphatic rings. The van der Waals surface area contributed by atoms with Crippen LogP contribution in [0, 0.1) is 10.1 Å². The number of nitrogens with one attached hydrogen (secondary N) is 2. The molecule has 0 unspecified atom stereocenters. The topological polar surface area (TPSA) is 84.3 Å². The number of thiocarbonyl (C=S) groups is 1. The molecule has 2 N–H and O–H groups in total. The number of benzene rings is 2. The van der Waals surface area contributed by atoms with E-state index in [1.54, 1.807) is 6.07 Å². The van der Waals surface area contributed by atoms with Crippen molar-refractivity contribution in [3.8, 4) is 0 Å². The first-order valence-corrected chi connectivity index (χ1v) is 7.34. The summed E-state index contributed by atoms with van der Waals surface area (Å²) in [6.07, 6.45) is 0. The van der Waals surface area contributed by atoms with Crippen molar-refractivity contribution in [2.45, 2.75) is 0 Å². The lowest BCUT2D eigenvalue weighted by atomic mass is 10.2. The molecule has 0 saturated heterocycles. The zero-order chi connectivity index (χ0) is 17.0. The fraction of sp³-hybridized carbons (Fsp3) is 0. The molecule has 0 aromatic heterocycles. The molecule has 0 heterocycles. The van der Waals surface area contributed by atoms with Crippen LogP contribution in [-0.4, -0.2) is 15.9 Å². The molecule has 2 aromatic carbocycles. The minimum Gasteiger partial charge on any atom is -0.332 e. The van der Waals surface area contributed by atoms with Crippen LogP contribution in [0.25, 0.3) is 0 Å². The Balaban J connectivity index is 2.05. The lowest BCUT2D eigenvalue weighted by molar-refractivity contribution is -0.384. The Bertz CT molecular complexity index is 778. The minimum absolute atomic E-state index is 0.00778. The van der Waals surface area contributed by atoms with Gasteiger partial charge < -0.3 is 5.32 Å². The van der Waals surface area contributed by atoms with Gasteiger partial charge in [0.1, 0.15) is 0 Å². The van der Waals surface area contributed by atoms with Crippen LogP contribution in [0.5, 0.6) is 0 Å². The van der Waals surface area contributed by atoms with E-state index >= 15 is 0 Å². The zero-order valence-electron chi connectivity index (χ0n) is 11.4. The molecule has 0 radical (unpaired) electrons. The van der Waals surface area contributed by atoms with Gasteiger partial charge in [-0.05, 0) is 36.5 Å². The van der Waals surface area contributed by atoms with Gasteiger partial charge in [0.05, 0.1) is 4.92 Å². The van der Waals surface area contributed by atoms with E-state index in [1.807, 2.05) is 0 Å². The number of nitro groups is 1. The van der Waals surface area contributed by atoms with E-state index in [0.29, 0.717) is 15.7 Å². The van der Waals surface area contributed by atoms with Crippen LogP contribution in [-0.2, 0) is 0 Å². The number of hydrogen-bond acceptors (Lipinski definition) is 4. The van der Waals surface area contributed by atoms with Gasteiger partial charge in [0.2, 0.25) is 0 Å². The van der Waals surface area contributed by atoms with Crippen LogP contribution < -0.4 is 10.6 Å². The minimum atomic E-state index is -0.527. The van der Waals surface area contributed by atoms with Crippen molar-refractivity contribution in [2.75, 3.05) is 5.32 Å². The third kappa shape index (κ3) is 4.88. The van der Waals surface area contributed by atoms with Crippen LogP contribution in [0.4, 0.5) is 11.4 Å². The molecule has 23 heavy (non-hydrogen) atoms. The quantitative estimate of drug-likeness (QED) is 0.484. The summed E-state index contributed by atoms with van der Waals surface area (Å²) in [5, 5.41) is 16.5. The van der Waals surface area contributed by atoms with Crippen LogP contribution in [0.1, 0.15) is 10.4 Å². The summed E-state index contributed by atoms with van der Waals surface area (Å²) in [6, 6.07) is 10.1. The fourth-order valence-electron chi connectivity index (χ4n) is 1.72. The maximum atomic E-state index is 12.1. The summed E-state index contributed by atoms with van der Waals surface area (Å²) in [6.45, 7) is 0. The van der Waals surface area contributed by atoms with Crippen molar-refractivity contribution < 1.29 is 9.72 Å². The van der Waals surface area contributed by atoms with Crippen LogP contribution >= 0.6 is 35.4 Å². The van der Waals surface area contributed by atoms with Crippen molar-refractivity contribution in [2.24, 2.45) is 0 Å². The molecule has 1 amide bonds. The lowest BCUT2D eigenvalue weighted by Gasteiger charge is -2.10. The molecule has 0 saturated carbocycles. The number of nitro benzene ring substituents is 1. The fourth-order valence-corrected chi connectivity index (χ4v) is 2.46. The summed E-state index contributed by atoms with van der Waals surface area (Å²) in [4.78, 5) is 22.2. The smallest absolute Gasteiger partial charge is 0.271 e. The number of anilines is 1. The van der Waals surface area contributed by atoms with Crippen LogP contribution in [0.15, 0.2) is 42.5 Å². The van der Waals surface area contributed by atoms with E-state index in [-0.39, 0.29) is 16.4 Å². The van der Waals surface area contributed by atoms with E-state index in [4.69, 9.17) is 35.4 Å². The van der Waals surface area contributed by atoms with Gasteiger partial charge >= 0.3 is 0 Å². The molecule has 2 rings (SSSR count). The number of nitrogens with zero attached hydrogens (tertiary/aromatic N) is 1. The highest BCUT2D eigenvalue weighted by molar-refractivity contribution is 7.80. The van der Waals surface area contributed by atoms with Gasteiger partial charge in [-0.2, -0.15) is 0 Å². The lowest BCUT2D eigenvalue weighted by Crippen LogP contribution is -2.34. The van der Waals surface area contributed by atoms with E-state index in [1.165, 1.54) is 36.4 Å². The number of non-ortho nitro benzene ring substituents is 1.